The molecule has 1 aliphatic rings. The number of carbonyl (C=O) groups is 1. The lowest BCUT2D eigenvalue weighted by Crippen LogP contribution is -2.52. The van der Waals surface area contributed by atoms with Gasteiger partial charge in [0.25, 0.3) is 0 Å². The highest BCUT2D eigenvalue weighted by molar-refractivity contribution is 7.89. The Morgan fingerprint density at radius 3 is 2.50 bits per heavy atom. The molecule has 1 fully saturated rings. The Morgan fingerprint density at radius 2 is 2.00 bits per heavy atom. The summed E-state index contributed by atoms with van der Waals surface area (Å²) in [4.78, 5) is 11.9. The second-order valence-corrected chi connectivity index (χ2v) is 7.08. The zero-order valence-electron chi connectivity index (χ0n) is 12.0. The van der Waals surface area contributed by atoms with Gasteiger partial charge in [-0.1, -0.05) is 26.0 Å². The van der Waals surface area contributed by atoms with Crippen LogP contribution in [0.15, 0.2) is 29.2 Å². The minimum atomic E-state index is -3.56. The molecule has 0 atom stereocenters. The number of nitrogens with one attached hydrogen (secondary N) is 1. The van der Waals surface area contributed by atoms with Gasteiger partial charge < -0.3 is 0 Å². The van der Waals surface area contributed by atoms with Crippen molar-refractivity contribution in [1.29, 1.82) is 0 Å². The van der Waals surface area contributed by atoms with Crippen LogP contribution in [-0.2, 0) is 10.0 Å². The molecular formula is C15H21NO3S. The van der Waals surface area contributed by atoms with Gasteiger partial charge in [0.1, 0.15) is 0 Å². The van der Waals surface area contributed by atoms with Gasteiger partial charge in [0, 0.05) is 17.5 Å². The SMILES string of the molecule is CCC(=O)c1cccc(S(=O)(=O)NC2(CC)CCC2)c1. The first kappa shape index (κ1) is 15.2. The zero-order valence-corrected chi connectivity index (χ0v) is 12.8. The van der Waals surface area contributed by atoms with Gasteiger partial charge in [0.2, 0.25) is 10.0 Å². The molecule has 0 bridgehead atoms. The Bertz CT molecular complexity index is 598. The molecular weight excluding hydrogens is 274 g/mol. The van der Waals surface area contributed by atoms with Crippen LogP contribution in [0.2, 0.25) is 0 Å². The average Bonchev–Trinajstić information content (AvgIpc) is 2.42. The fourth-order valence-corrected chi connectivity index (χ4v) is 4.09. The number of Topliss-reactive ketones (excluding diaryl/α,β-unsaturated/α-hetero) is 1. The van der Waals surface area contributed by atoms with Crippen molar-refractivity contribution in [3.63, 3.8) is 0 Å². The Hall–Kier alpha value is -1.20. The number of ketones is 1. The first-order chi connectivity index (χ1) is 9.42. The highest BCUT2D eigenvalue weighted by Crippen LogP contribution is 2.36. The van der Waals surface area contributed by atoms with Crippen molar-refractivity contribution in [2.24, 2.45) is 0 Å². The number of sulfonamides is 1. The smallest absolute Gasteiger partial charge is 0.241 e. The van der Waals surface area contributed by atoms with Crippen molar-refractivity contribution >= 4 is 15.8 Å². The van der Waals surface area contributed by atoms with E-state index in [1.807, 2.05) is 6.92 Å². The van der Waals surface area contributed by atoms with Crippen molar-refractivity contribution in [1.82, 2.24) is 4.72 Å². The molecule has 2 rings (SSSR count). The third-order valence-electron chi connectivity index (χ3n) is 4.13. The van der Waals surface area contributed by atoms with Gasteiger partial charge in [-0.05, 0) is 37.8 Å². The van der Waals surface area contributed by atoms with Crippen LogP contribution in [-0.4, -0.2) is 19.7 Å². The maximum atomic E-state index is 12.4. The van der Waals surface area contributed by atoms with Crippen LogP contribution in [0.4, 0.5) is 0 Å². The lowest BCUT2D eigenvalue weighted by molar-refractivity contribution is 0.0988. The van der Waals surface area contributed by atoms with Crippen molar-refractivity contribution in [2.75, 3.05) is 0 Å². The number of benzene rings is 1. The molecule has 0 saturated heterocycles. The van der Waals surface area contributed by atoms with E-state index in [1.165, 1.54) is 12.1 Å². The molecule has 0 heterocycles. The summed E-state index contributed by atoms with van der Waals surface area (Å²) >= 11 is 0. The van der Waals surface area contributed by atoms with Crippen LogP contribution in [0.1, 0.15) is 56.3 Å². The highest BCUT2D eigenvalue weighted by atomic mass is 32.2. The summed E-state index contributed by atoms with van der Waals surface area (Å²) in [5, 5.41) is 0. The molecule has 4 nitrogen and oxygen atoms in total. The van der Waals surface area contributed by atoms with Gasteiger partial charge in [0.15, 0.2) is 5.78 Å². The van der Waals surface area contributed by atoms with Crippen molar-refractivity contribution < 1.29 is 13.2 Å². The van der Waals surface area contributed by atoms with E-state index >= 15 is 0 Å². The molecule has 0 aliphatic heterocycles. The molecule has 1 aliphatic carbocycles. The van der Waals surface area contributed by atoms with Crippen LogP contribution < -0.4 is 4.72 Å². The lowest BCUT2D eigenvalue weighted by atomic mass is 9.76. The average molecular weight is 295 g/mol. The molecule has 1 aromatic rings. The normalized spacial score (nSPS) is 17.5. The molecule has 0 unspecified atom stereocenters. The van der Waals surface area contributed by atoms with Gasteiger partial charge in [-0.25, -0.2) is 13.1 Å². The molecule has 0 spiro atoms. The van der Waals surface area contributed by atoms with Gasteiger partial charge in [0.05, 0.1) is 4.90 Å². The van der Waals surface area contributed by atoms with E-state index in [1.54, 1.807) is 19.1 Å². The van der Waals surface area contributed by atoms with Gasteiger partial charge in [-0.3, -0.25) is 4.79 Å². The monoisotopic (exact) mass is 295 g/mol. The molecule has 20 heavy (non-hydrogen) atoms. The summed E-state index contributed by atoms with van der Waals surface area (Å²) < 4.78 is 27.7. The fraction of sp³-hybridized carbons (Fsp3) is 0.533. The molecule has 1 aromatic carbocycles. The molecule has 110 valence electrons. The number of hydrogen-bond donors (Lipinski definition) is 1. The predicted octanol–water partition coefficient (Wildman–Crippen LogP) is 2.89. The zero-order chi connectivity index (χ0) is 14.8. The van der Waals surface area contributed by atoms with E-state index in [0.29, 0.717) is 12.0 Å². The fourth-order valence-electron chi connectivity index (χ4n) is 2.52. The third kappa shape index (κ3) is 2.94. The summed E-state index contributed by atoms with van der Waals surface area (Å²) in [6.07, 6.45) is 3.99. The largest absolute Gasteiger partial charge is 0.294 e. The van der Waals surface area contributed by atoms with Crippen LogP contribution >= 0.6 is 0 Å². The standard InChI is InChI=1S/C15H21NO3S/c1-3-14(17)12-7-5-8-13(11-12)20(18,19)16-15(4-2)9-6-10-15/h5,7-8,11,16H,3-4,6,9-10H2,1-2H3. The van der Waals surface area contributed by atoms with Crippen LogP contribution in [0.25, 0.3) is 0 Å². The first-order valence-corrected chi connectivity index (χ1v) is 8.58. The van der Waals surface area contributed by atoms with E-state index in [-0.39, 0.29) is 16.2 Å². The number of carbonyl (C=O) groups excluding carboxylic acids is 1. The van der Waals surface area contributed by atoms with Crippen LogP contribution in [0.5, 0.6) is 0 Å². The van der Waals surface area contributed by atoms with Crippen molar-refractivity contribution in [2.45, 2.75) is 56.4 Å². The van der Waals surface area contributed by atoms with E-state index < -0.39 is 10.0 Å². The van der Waals surface area contributed by atoms with E-state index in [0.717, 1.165) is 25.7 Å². The van der Waals surface area contributed by atoms with Crippen molar-refractivity contribution in [3.8, 4) is 0 Å². The minimum absolute atomic E-state index is 0.0455. The van der Waals surface area contributed by atoms with Crippen LogP contribution in [0, 0.1) is 0 Å². The van der Waals surface area contributed by atoms with Gasteiger partial charge in [-0.2, -0.15) is 0 Å². The van der Waals surface area contributed by atoms with Gasteiger partial charge in [-0.15, -0.1) is 0 Å². The first-order valence-electron chi connectivity index (χ1n) is 7.10. The Balaban J connectivity index is 2.28. The summed E-state index contributed by atoms with van der Waals surface area (Å²) in [6, 6.07) is 6.29. The maximum Gasteiger partial charge on any atom is 0.241 e. The Labute approximate surface area is 120 Å². The lowest BCUT2D eigenvalue weighted by Gasteiger charge is -2.41. The molecule has 1 N–H and O–H groups in total. The molecule has 0 aromatic heterocycles. The van der Waals surface area contributed by atoms with Crippen LogP contribution in [0.3, 0.4) is 0 Å². The summed E-state index contributed by atoms with van der Waals surface area (Å²) in [5.41, 5.74) is 0.165. The molecule has 0 amide bonds. The van der Waals surface area contributed by atoms with Gasteiger partial charge >= 0.3 is 0 Å². The summed E-state index contributed by atoms with van der Waals surface area (Å²) in [5.74, 6) is -0.0455. The summed E-state index contributed by atoms with van der Waals surface area (Å²) in [6.45, 7) is 3.76. The Kier molecular flexibility index (Phi) is 4.30. The number of hydrogen-bond acceptors (Lipinski definition) is 3. The third-order valence-corrected chi connectivity index (χ3v) is 5.70. The molecule has 5 heteroatoms. The molecule has 0 radical (unpaired) electrons. The molecule has 1 saturated carbocycles. The van der Waals surface area contributed by atoms with Crippen molar-refractivity contribution in [3.05, 3.63) is 29.8 Å². The maximum absolute atomic E-state index is 12.4. The predicted molar refractivity (Wildman–Crippen MR) is 78.3 cm³/mol. The van der Waals surface area contributed by atoms with E-state index in [4.69, 9.17) is 0 Å². The minimum Gasteiger partial charge on any atom is -0.294 e. The van der Waals surface area contributed by atoms with E-state index in [9.17, 15) is 13.2 Å². The second-order valence-electron chi connectivity index (χ2n) is 5.40. The Morgan fingerprint density at radius 1 is 1.30 bits per heavy atom. The summed E-state index contributed by atoms with van der Waals surface area (Å²) in [7, 11) is -3.56. The highest BCUT2D eigenvalue weighted by Gasteiger charge is 2.39. The topological polar surface area (TPSA) is 63.2 Å². The quantitative estimate of drug-likeness (QED) is 0.821. The second kappa shape index (κ2) is 5.66. The number of rotatable bonds is 6. The van der Waals surface area contributed by atoms with E-state index in [2.05, 4.69) is 4.72 Å².